The summed E-state index contributed by atoms with van der Waals surface area (Å²) in [6.45, 7) is 0. The van der Waals surface area contributed by atoms with Gasteiger partial charge in [-0.05, 0) is 113 Å². The van der Waals surface area contributed by atoms with E-state index in [9.17, 15) is 0 Å². The van der Waals surface area contributed by atoms with Crippen molar-refractivity contribution in [2.24, 2.45) is 0 Å². The van der Waals surface area contributed by atoms with Crippen LogP contribution in [0.15, 0.2) is 170 Å². The molecule has 0 atom stereocenters. The summed E-state index contributed by atoms with van der Waals surface area (Å²) in [7, 11) is 0. The fourth-order valence-electron chi connectivity index (χ4n) is 7.50. The van der Waals surface area contributed by atoms with Gasteiger partial charge in [0.05, 0.1) is 0 Å². The number of hydrogen-bond acceptors (Lipinski definition) is 2. The lowest BCUT2D eigenvalue weighted by atomic mass is 9.82. The number of rotatable bonds is 4. The SMILES string of the molecule is c1ccc(-c2c3ccccc3c(-c3ccccc3-c3cc4ccccc4s3)c3cc4ccccc4cc23)c(-c2cc3ccccc3s2)c1. The molecule has 0 fully saturated rings. The first kappa shape index (κ1) is 27.6. The first-order chi connectivity index (χ1) is 23.8. The quantitative estimate of drug-likeness (QED) is 0.167. The lowest BCUT2D eigenvalue weighted by molar-refractivity contribution is 1.65. The monoisotopic (exact) mass is 644 g/mol. The number of thiophene rings is 2. The van der Waals surface area contributed by atoms with Crippen molar-refractivity contribution in [2.75, 3.05) is 0 Å². The van der Waals surface area contributed by atoms with Gasteiger partial charge in [-0.15, -0.1) is 22.7 Å². The van der Waals surface area contributed by atoms with Gasteiger partial charge < -0.3 is 0 Å². The molecule has 0 saturated carbocycles. The molecule has 0 aliphatic heterocycles. The summed E-state index contributed by atoms with van der Waals surface area (Å²) in [5.41, 5.74) is 7.67. The Morgan fingerprint density at radius 1 is 0.271 bits per heavy atom. The minimum absolute atomic E-state index is 1.25. The molecule has 0 amide bonds. The minimum Gasteiger partial charge on any atom is -0.135 e. The zero-order chi connectivity index (χ0) is 31.6. The Morgan fingerprint density at radius 3 is 1.06 bits per heavy atom. The summed E-state index contributed by atoms with van der Waals surface area (Å²) >= 11 is 3.75. The van der Waals surface area contributed by atoms with E-state index >= 15 is 0 Å². The van der Waals surface area contributed by atoms with Crippen molar-refractivity contribution in [3.8, 4) is 43.1 Å². The molecule has 2 aromatic heterocycles. The highest BCUT2D eigenvalue weighted by Crippen LogP contribution is 2.50. The summed E-state index contributed by atoms with van der Waals surface area (Å²) in [6.07, 6.45) is 0. The zero-order valence-electron chi connectivity index (χ0n) is 26.0. The van der Waals surface area contributed by atoms with Crippen LogP contribution in [-0.2, 0) is 0 Å². The predicted octanol–water partition coefficient (Wildman–Crippen LogP) is 14.2. The molecule has 8 aromatic carbocycles. The van der Waals surface area contributed by atoms with Gasteiger partial charge in [0, 0.05) is 19.2 Å². The van der Waals surface area contributed by atoms with Crippen LogP contribution in [-0.4, -0.2) is 0 Å². The Balaban J connectivity index is 1.33. The molecule has 10 rings (SSSR count). The molecule has 48 heavy (non-hydrogen) atoms. The van der Waals surface area contributed by atoms with Gasteiger partial charge in [0.1, 0.15) is 0 Å². The van der Waals surface area contributed by atoms with Gasteiger partial charge >= 0.3 is 0 Å². The third kappa shape index (κ3) is 4.34. The van der Waals surface area contributed by atoms with E-state index in [0.717, 1.165) is 0 Å². The van der Waals surface area contributed by atoms with Crippen LogP contribution >= 0.6 is 22.7 Å². The Hall–Kier alpha value is -5.54. The highest BCUT2D eigenvalue weighted by molar-refractivity contribution is 7.22. The van der Waals surface area contributed by atoms with E-state index in [-0.39, 0.29) is 0 Å². The largest absolute Gasteiger partial charge is 0.135 e. The molecule has 0 N–H and O–H groups in total. The summed E-state index contributed by atoms with van der Waals surface area (Å²) in [5.74, 6) is 0. The second kappa shape index (κ2) is 11.0. The second-order valence-corrected chi connectivity index (χ2v) is 14.6. The summed E-state index contributed by atoms with van der Waals surface area (Å²) < 4.78 is 2.63. The number of hydrogen-bond donors (Lipinski definition) is 0. The maximum absolute atomic E-state index is 2.43. The van der Waals surface area contributed by atoms with Crippen LogP contribution in [0, 0.1) is 0 Å². The molecule has 0 aliphatic rings. The fraction of sp³-hybridized carbons (Fsp3) is 0. The predicted molar refractivity (Wildman–Crippen MR) is 211 cm³/mol. The third-order valence-electron chi connectivity index (χ3n) is 9.67. The highest BCUT2D eigenvalue weighted by atomic mass is 32.1. The van der Waals surface area contributed by atoms with Crippen molar-refractivity contribution in [3.63, 3.8) is 0 Å². The molecule has 0 unspecified atom stereocenters. The average molecular weight is 645 g/mol. The van der Waals surface area contributed by atoms with E-state index in [1.54, 1.807) is 0 Å². The highest BCUT2D eigenvalue weighted by Gasteiger charge is 2.22. The van der Waals surface area contributed by atoms with E-state index in [0.29, 0.717) is 0 Å². The van der Waals surface area contributed by atoms with Crippen LogP contribution < -0.4 is 0 Å². The van der Waals surface area contributed by atoms with Crippen molar-refractivity contribution in [3.05, 3.63) is 170 Å². The first-order valence-electron chi connectivity index (χ1n) is 16.3. The zero-order valence-corrected chi connectivity index (χ0v) is 27.6. The van der Waals surface area contributed by atoms with Crippen LogP contribution in [0.2, 0.25) is 0 Å². The van der Waals surface area contributed by atoms with Crippen LogP contribution in [0.25, 0.3) is 95.6 Å². The van der Waals surface area contributed by atoms with Gasteiger partial charge in [0.25, 0.3) is 0 Å². The van der Waals surface area contributed by atoms with Crippen LogP contribution in [0.3, 0.4) is 0 Å². The third-order valence-corrected chi connectivity index (χ3v) is 12.0. The Morgan fingerprint density at radius 2 is 0.625 bits per heavy atom. The van der Waals surface area contributed by atoms with E-state index < -0.39 is 0 Å². The van der Waals surface area contributed by atoms with Gasteiger partial charge in [-0.3, -0.25) is 0 Å². The molecule has 10 aromatic rings. The molecule has 0 aliphatic carbocycles. The minimum atomic E-state index is 1.25. The lowest BCUT2D eigenvalue weighted by Gasteiger charge is -2.21. The fourth-order valence-corrected chi connectivity index (χ4v) is 9.71. The van der Waals surface area contributed by atoms with Gasteiger partial charge in [-0.25, -0.2) is 0 Å². The van der Waals surface area contributed by atoms with Gasteiger partial charge in [-0.1, -0.05) is 133 Å². The Kier molecular flexibility index (Phi) is 6.33. The van der Waals surface area contributed by atoms with Gasteiger partial charge in [0.2, 0.25) is 0 Å². The Labute approximate surface area is 286 Å². The first-order valence-corrected chi connectivity index (χ1v) is 18.0. The van der Waals surface area contributed by atoms with Crippen molar-refractivity contribution >= 4 is 75.2 Å². The van der Waals surface area contributed by atoms with Crippen LogP contribution in [0.1, 0.15) is 0 Å². The van der Waals surface area contributed by atoms with Crippen LogP contribution in [0.4, 0.5) is 0 Å². The summed E-state index contributed by atoms with van der Waals surface area (Å²) in [5, 5.41) is 10.2. The molecule has 2 heteroatoms. The van der Waals surface area contributed by atoms with Crippen molar-refractivity contribution in [2.45, 2.75) is 0 Å². The van der Waals surface area contributed by atoms with E-state index in [1.807, 2.05) is 22.7 Å². The maximum atomic E-state index is 2.43. The molecule has 0 saturated heterocycles. The van der Waals surface area contributed by atoms with Gasteiger partial charge in [-0.2, -0.15) is 0 Å². The average Bonchev–Trinajstić information content (AvgIpc) is 3.78. The van der Waals surface area contributed by atoms with E-state index in [4.69, 9.17) is 0 Å². The van der Waals surface area contributed by atoms with Crippen molar-refractivity contribution in [1.82, 2.24) is 0 Å². The lowest BCUT2D eigenvalue weighted by Crippen LogP contribution is -1.93. The molecule has 0 nitrogen and oxygen atoms in total. The molecular formula is C46H28S2. The molecule has 2 heterocycles. The number of fused-ring (bicyclic) bond motifs is 5. The molecule has 0 spiro atoms. The molecule has 224 valence electrons. The van der Waals surface area contributed by atoms with E-state index in [2.05, 4.69) is 170 Å². The van der Waals surface area contributed by atoms with Gasteiger partial charge in [0.15, 0.2) is 0 Å². The molecule has 0 bridgehead atoms. The topological polar surface area (TPSA) is 0 Å². The van der Waals surface area contributed by atoms with E-state index in [1.165, 1.54) is 95.6 Å². The molecule has 0 radical (unpaired) electrons. The van der Waals surface area contributed by atoms with Crippen LogP contribution in [0.5, 0.6) is 0 Å². The standard InChI is InChI=1S/C46H28S2/c1-2-14-30-26-40-39(25-29(30)13-1)45(35-19-7-5-17-33(35)43-27-31-15-3-11-23-41(31)47-43)37-21-9-10-22-38(37)46(40)36-20-8-6-18-34(36)44-28-32-16-4-12-24-42(32)48-44/h1-28H. The normalized spacial score (nSPS) is 11.8. The van der Waals surface area contributed by atoms with Crippen molar-refractivity contribution in [1.29, 1.82) is 0 Å². The molecular weight excluding hydrogens is 617 g/mol. The maximum Gasteiger partial charge on any atom is 0.0361 e. The Bertz CT molecular complexity index is 2590. The summed E-state index contributed by atoms with van der Waals surface area (Å²) in [6, 6.07) is 62.8. The van der Waals surface area contributed by atoms with Crippen molar-refractivity contribution < 1.29 is 0 Å². The number of benzene rings is 8. The second-order valence-electron chi connectivity index (χ2n) is 12.4. The smallest absolute Gasteiger partial charge is 0.0361 e. The summed E-state index contributed by atoms with van der Waals surface area (Å²) in [4.78, 5) is 2.59.